The zero-order chi connectivity index (χ0) is 19.1. The van der Waals surface area contributed by atoms with E-state index in [0.717, 1.165) is 0 Å². The molecule has 0 bridgehead atoms. The first-order chi connectivity index (χ1) is 13.1. The Bertz CT molecular complexity index is 900. The first-order valence-corrected chi connectivity index (χ1v) is 8.73. The molecule has 1 atom stereocenters. The highest BCUT2D eigenvalue weighted by atomic mass is 35.5. The van der Waals surface area contributed by atoms with Crippen LogP contribution in [0.25, 0.3) is 0 Å². The maximum absolute atomic E-state index is 12.8. The summed E-state index contributed by atoms with van der Waals surface area (Å²) >= 11 is 5.94. The second-order valence-electron chi connectivity index (χ2n) is 5.80. The van der Waals surface area contributed by atoms with Crippen LogP contribution in [0.5, 0.6) is 0 Å². The van der Waals surface area contributed by atoms with E-state index in [9.17, 15) is 9.59 Å². The molecular weight excluding hydrogens is 362 g/mol. The largest absolute Gasteiger partial charge is 0.324 e. The zero-order valence-electron chi connectivity index (χ0n) is 14.4. The summed E-state index contributed by atoms with van der Waals surface area (Å²) in [7, 11) is 0. The van der Waals surface area contributed by atoms with Crippen molar-refractivity contribution in [1.29, 1.82) is 0 Å². The number of nitrogens with one attached hydrogen (secondary N) is 3. The van der Waals surface area contributed by atoms with Gasteiger partial charge in [0.05, 0.1) is 0 Å². The quantitative estimate of drug-likeness (QED) is 0.568. The monoisotopic (exact) mass is 379 g/mol. The van der Waals surface area contributed by atoms with Crippen LogP contribution in [0.2, 0.25) is 5.02 Å². The average molecular weight is 380 g/mol. The molecule has 3 N–H and O–H groups in total. The van der Waals surface area contributed by atoms with Crippen LogP contribution in [-0.4, -0.2) is 11.8 Å². The first kappa shape index (κ1) is 18.6. The van der Waals surface area contributed by atoms with E-state index >= 15 is 0 Å². The molecule has 3 aromatic rings. The van der Waals surface area contributed by atoms with Gasteiger partial charge in [0.1, 0.15) is 6.04 Å². The number of hydrogen-bond donors (Lipinski definition) is 3. The third-order valence-electron chi connectivity index (χ3n) is 3.87. The Morgan fingerprint density at radius 1 is 0.778 bits per heavy atom. The van der Waals surface area contributed by atoms with Crippen LogP contribution in [-0.2, 0) is 4.79 Å². The van der Waals surface area contributed by atoms with Crippen molar-refractivity contribution in [2.24, 2.45) is 0 Å². The Morgan fingerprint density at radius 3 is 2.00 bits per heavy atom. The Hall–Kier alpha value is -3.15. The number of benzene rings is 3. The second kappa shape index (κ2) is 8.98. The summed E-state index contributed by atoms with van der Waals surface area (Å²) in [5.74, 6) is -0.640. The summed E-state index contributed by atoms with van der Waals surface area (Å²) in [6.07, 6.45) is 0. The number of para-hydroxylation sites is 1. The van der Waals surface area contributed by atoms with Gasteiger partial charge in [-0.15, -0.1) is 0 Å². The normalized spacial score (nSPS) is 11.4. The highest BCUT2D eigenvalue weighted by Crippen LogP contribution is 2.18. The lowest BCUT2D eigenvalue weighted by atomic mass is 10.1. The lowest BCUT2D eigenvalue weighted by Crippen LogP contribution is -2.44. The minimum atomic E-state index is -0.796. The van der Waals surface area contributed by atoms with E-state index in [4.69, 9.17) is 11.6 Å². The summed E-state index contributed by atoms with van der Waals surface area (Å²) in [4.78, 5) is 25.1. The van der Waals surface area contributed by atoms with E-state index in [1.54, 1.807) is 60.7 Å². The molecule has 27 heavy (non-hydrogen) atoms. The smallest absolute Gasteiger partial charge is 0.265 e. The fourth-order valence-electron chi connectivity index (χ4n) is 2.49. The number of halogens is 1. The minimum absolute atomic E-state index is 0.308. The maximum atomic E-state index is 12.8. The third-order valence-corrected chi connectivity index (χ3v) is 4.12. The van der Waals surface area contributed by atoms with Crippen LogP contribution < -0.4 is 16.2 Å². The van der Waals surface area contributed by atoms with Crippen molar-refractivity contribution in [2.45, 2.75) is 6.04 Å². The van der Waals surface area contributed by atoms with E-state index in [1.165, 1.54) is 0 Å². The predicted octanol–water partition coefficient (Wildman–Crippen LogP) is 3.95. The molecule has 0 aromatic heterocycles. The number of rotatable bonds is 6. The van der Waals surface area contributed by atoms with Crippen molar-refractivity contribution in [2.75, 3.05) is 5.32 Å². The number of carbonyl (C=O) groups excluding carboxylic acids is 2. The molecular formula is C21H18ClN3O2. The van der Waals surface area contributed by atoms with Crippen molar-refractivity contribution < 1.29 is 9.59 Å². The number of hydrazine groups is 1. The molecule has 3 aromatic carbocycles. The summed E-state index contributed by atoms with van der Waals surface area (Å²) in [6, 6.07) is 23.9. The standard InChI is InChI=1S/C21H18ClN3O2/c22-17-13-11-15(12-14-17)19(21(27)23-18-9-5-2-6-10-18)24-25-20(26)16-7-3-1-4-8-16/h1-14,19,24H,(H,23,27)(H,25,26)/t19-/m1/s1. The Morgan fingerprint density at radius 2 is 1.37 bits per heavy atom. The molecule has 0 unspecified atom stereocenters. The minimum Gasteiger partial charge on any atom is -0.324 e. The SMILES string of the molecule is O=C(NN[C@@H](C(=O)Nc1ccccc1)c1ccc(Cl)cc1)c1ccccc1. The van der Waals surface area contributed by atoms with Gasteiger partial charge in [-0.25, -0.2) is 5.43 Å². The van der Waals surface area contributed by atoms with Gasteiger partial charge in [0.15, 0.2) is 0 Å². The molecule has 5 nitrogen and oxygen atoms in total. The number of hydrogen-bond acceptors (Lipinski definition) is 3. The van der Waals surface area contributed by atoms with E-state index in [2.05, 4.69) is 16.2 Å². The van der Waals surface area contributed by atoms with Crippen molar-refractivity contribution >= 4 is 29.1 Å². The van der Waals surface area contributed by atoms with Gasteiger partial charge in [-0.1, -0.05) is 60.1 Å². The predicted molar refractivity (Wildman–Crippen MR) is 106 cm³/mol. The van der Waals surface area contributed by atoms with Gasteiger partial charge >= 0.3 is 0 Å². The van der Waals surface area contributed by atoms with Crippen LogP contribution in [0.1, 0.15) is 22.0 Å². The average Bonchev–Trinajstić information content (AvgIpc) is 2.70. The number of carbonyl (C=O) groups is 2. The van der Waals surface area contributed by atoms with Gasteiger partial charge in [0, 0.05) is 16.3 Å². The number of anilines is 1. The van der Waals surface area contributed by atoms with E-state index in [-0.39, 0.29) is 11.8 Å². The van der Waals surface area contributed by atoms with Crippen LogP contribution in [0.4, 0.5) is 5.69 Å². The Kier molecular flexibility index (Phi) is 6.20. The van der Waals surface area contributed by atoms with Crippen molar-refractivity contribution in [1.82, 2.24) is 10.9 Å². The van der Waals surface area contributed by atoms with E-state index in [1.807, 2.05) is 24.3 Å². The van der Waals surface area contributed by atoms with E-state index < -0.39 is 6.04 Å². The van der Waals surface area contributed by atoms with Gasteiger partial charge < -0.3 is 5.32 Å². The molecule has 0 heterocycles. The Balaban J connectivity index is 1.76. The van der Waals surface area contributed by atoms with Crippen molar-refractivity contribution in [3.63, 3.8) is 0 Å². The van der Waals surface area contributed by atoms with E-state index in [0.29, 0.717) is 21.8 Å². The van der Waals surface area contributed by atoms with Gasteiger partial charge in [0.2, 0.25) is 5.91 Å². The number of amides is 2. The maximum Gasteiger partial charge on any atom is 0.265 e. The molecule has 136 valence electrons. The molecule has 0 saturated heterocycles. The zero-order valence-corrected chi connectivity index (χ0v) is 15.1. The molecule has 6 heteroatoms. The molecule has 2 amide bonds. The third kappa shape index (κ3) is 5.17. The van der Waals surface area contributed by atoms with Crippen LogP contribution in [0, 0.1) is 0 Å². The van der Waals surface area contributed by atoms with Gasteiger partial charge in [0.25, 0.3) is 5.91 Å². The van der Waals surface area contributed by atoms with Crippen LogP contribution in [0.3, 0.4) is 0 Å². The molecule has 3 rings (SSSR count). The molecule has 0 fully saturated rings. The molecule has 0 saturated carbocycles. The summed E-state index contributed by atoms with van der Waals surface area (Å²) < 4.78 is 0. The lowest BCUT2D eigenvalue weighted by molar-refractivity contribution is -0.118. The van der Waals surface area contributed by atoms with Crippen LogP contribution >= 0.6 is 11.6 Å². The first-order valence-electron chi connectivity index (χ1n) is 8.36. The molecule has 0 aliphatic rings. The fraction of sp³-hybridized carbons (Fsp3) is 0.0476. The summed E-state index contributed by atoms with van der Waals surface area (Å²) in [5.41, 5.74) is 7.24. The highest BCUT2D eigenvalue weighted by molar-refractivity contribution is 6.30. The van der Waals surface area contributed by atoms with Crippen molar-refractivity contribution in [3.8, 4) is 0 Å². The molecule has 0 radical (unpaired) electrons. The summed E-state index contributed by atoms with van der Waals surface area (Å²) in [5, 5.41) is 3.40. The fourth-order valence-corrected chi connectivity index (χ4v) is 2.62. The summed E-state index contributed by atoms with van der Waals surface area (Å²) in [6.45, 7) is 0. The second-order valence-corrected chi connectivity index (χ2v) is 6.24. The van der Waals surface area contributed by atoms with Gasteiger partial charge in [-0.3, -0.25) is 15.0 Å². The molecule has 0 spiro atoms. The Labute approximate surface area is 162 Å². The highest BCUT2D eigenvalue weighted by Gasteiger charge is 2.21. The van der Waals surface area contributed by atoms with Gasteiger partial charge in [-0.05, 0) is 42.0 Å². The molecule has 0 aliphatic carbocycles. The molecule has 0 aliphatic heterocycles. The van der Waals surface area contributed by atoms with Crippen LogP contribution in [0.15, 0.2) is 84.9 Å². The van der Waals surface area contributed by atoms with Crippen molar-refractivity contribution in [3.05, 3.63) is 101 Å². The lowest BCUT2D eigenvalue weighted by Gasteiger charge is -2.19. The van der Waals surface area contributed by atoms with Gasteiger partial charge in [-0.2, -0.15) is 0 Å². The topological polar surface area (TPSA) is 70.2 Å².